The van der Waals surface area contributed by atoms with E-state index in [0.29, 0.717) is 11.1 Å². The van der Waals surface area contributed by atoms with Crippen LogP contribution in [0.1, 0.15) is 32.8 Å². The zero-order valence-corrected chi connectivity index (χ0v) is 17.4. The highest BCUT2D eigenvalue weighted by atomic mass is 32.7. The lowest BCUT2D eigenvalue weighted by atomic mass is 10.1. The van der Waals surface area contributed by atoms with Crippen LogP contribution in [0.25, 0.3) is 6.08 Å². The van der Waals surface area contributed by atoms with Gasteiger partial charge in [-0.25, -0.2) is 9.18 Å². The number of rotatable bonds is 10. The molecule has 1 fully saturated rings. The second kappa shape index (κ2) is 11.0. The second-order valence-corrected chi connectivity index (χ2v) is 7.63. The Morgan fingerprint density at radius 2 is 2.36 bits per heavy atom. The van der Waals surface area contributed by atoms with Crippen LogP contribution in [0.5, 0.6) is 5.75 Å². The van der Waals surface area contributed by atoms with E-state index in [1.165, 1.54) is 25.1 Å². The van der Waals surface area contributed by atoms with E-state index in [2.05, 4.69) is 0 Å². The van der Waals surface area contributed by atoms with Gasteiger partial charge in [0.15, 0.2) is 17.3 Å². The highest BCUT2D eigenvalue weighted by Gasteiger charge is 2.40. The van der Waals surface area contributed by atoms with Crippen molar-refractivity contribution in [3.63, 3.8) is 0 Å². The molecule has 0 saturated carbocycles. The van der Waals surface area contributed by atoms with Gasteiger partial charge < -0.3 is 18.4 Å². The van der Waals surface area contributed by atoms with Crippen molar-refractivity contribution in [1.82, 2.24) is 0 Å². The fourth-order valence-corrected chi connectivity index (χ4v) is 3.44. The summed E-state index contributed by atoms with van der Waals surface area (Å²) in [7, 11) is -0.579. The molecule has 1 unspecified atom stereocenters. The molecule has 0 aromatic heterocycles. The molecule has 1 aromatic rings. The first-order valence-electron chi connectivity index (χ1n) is 9.58. The average molecular weight is 430 g/mol. The van der Waals surface area contributed by atoms with Gasteiger partial charge in [-0.2, -0.15) is 0 Å². The molecule has 1 saturated heterocycles. The van der Waals surface area contributed by atoms with Gasteiger partial charge in [-0.05, 0) is 45.9 Å². The molecular weight excluding hydrogens is 405 g/mol. The van der Waals surface area contributed by atoms with Crippen LogP contribution >= 0.6 is 19.3 Å². The molecule has 1 aromatic carbocycles. The standard InChI is InChI=1S/C18H22BFO6PS/c1-4-23-18(22)10(2)7-12-5-6-14(13(20)8-12)24-16-9-15(26-28-27-19)17(25-16)11(3)21/h5-8,15-17,19,27H,4,9H2,1-3H3/b10-7+/t15-,16+,17+,27?/m0/s1/i19T,27D. The quantitative estimate of drug-likeness (QED) is 0.185. The van der Waals surface area contributed by atoms with Gasteiger partial charge in [-0.1, -0.05) is 13.7 Å². The molecule has 6 nitrogen and oxygen atoms in total. The zero-order chi connectivity index (χ0) is 22.3. The Hall–Kier alpha value is -1.41. The molecule has 1 aliphatic rings. The molecule has 2 rings (SSSR count). The molecule has 1 heterocycles. The Labute approximate surface area is 173 Å². The van der Waals surface area contributed by atoms with Crippen molar-refractivity contribution in [3.8, 4) is 5.75 Å². The molecule has 28 heavy (non-hydrogen) atoms. The van der Waals surface area contributed by atoms with E-state index in [4.69, 9.17) is 21.0 Å². The van der Waals surface area contributed by atoms with Gasteiger partial charge in [0.05, 0.1) is 7.89 Å². The van der Waals surface area contributed by atoms with Crippen LogP contribution in [-0.4, -0.2) is 47.0 Å². The Bertz CT molecular complexity index is 802. The van der Waals surface area contributed by atoms with Crippen LogP contribution in [-0.2, 0) is 23.2 Å². The molecule has 10 heteroatoms. The first-order chi connectivity index (χ1) is 14.2. The number of carbonyl (C=O) groups excluding carboxylic acids is 2. The van der Waals surface area contributed by atoms with Crippen molar-refractivity contribution in [1.29, 1.82) is 2.61 Å². The number of hydrogen-bond donors (Lipinski definition) is 0. The molecule has 151 valence electrons. The highest BCUT2D eigenvalue weighted by Crippen LogP contribution is 2.34. The summed E-state index contributed by atoms with van der Waals surface area (Å²) >= 11 is 0.802. The Kier molecular flexibility index (Phi) is 7.78. The van der Waals surface area contributed by atoms with Crippen LogP contribution in [0.2, 0.25) is 0 Å². The zero-order valence-electron chi connectivity index (χ0n) is 17.7. The minimum absolute atomic E-state index is 0.0659. The summed E-state index contributed by atoms with van der Waals surface area (Å²) in [6.07, 6.45) is -0.786. The summed E-state index contributed by atoms with van der Waals surface area (Å²) in [4.78, 5) is 23.5. The maximum Gasteiger partial charge on any atom is 0.333 e. The van der Waals surface area contributed by atoms with Gasteiger partial charge in [-0.3, -0.25) is 4.79 Å². The molecule has 0 aliphatic carbocycles. The summed E-state index contributed by atoms with van der Waals surface area (Å²) in [6, 6.07) is 4.21. The van der Waals surface area contributed by atoms with E-state index in [9.17, 15) is 14.0 Å². The normalized spacial score (nSPS) is 24.1. The number of carbonyl (C=O) groups is 2. The largest absolute Gasteiger partial charge is 0.463 e. The van der Waals surface area contributed by atoms with Gasteiger partial charge in [0.2, 0.25) is 6.29 Å². The molecule has 4 atom stereocenters. The number of Topliss-reactive ketones (excluding diaryl/α,β-unsaturated/α-hetero) is 1. The maximum atomic E-state index is 14.5. The van der Waals surface area contributed by atoms with Crippen molar-refractivity contribution >= 4 is 44.6 Å². The van der Waals surface area contributed by atoms with Gasteiger partial charge in [-0.15, -0.1) is 0 Å². The Balaban J connectivity index is 2.04. The summed E-state index contributed by atoms with van der Waals surface area (Å²) in [6.45, 7) is 4.88. The first-order valence-corrected chi connectivity index (χ1v) is 10.9. The number of benzene rings is 1. The average Bonchev–Trinajstić information content (AvgIpc) is 3.11. The first kappa shape index (κ1) is 19.9. The molecular formula is C18H22BFO6PS. The maximum absolute atomic E-state index is 14.5. The van der Waals surface area contributed by atoms with Crippen LogP contribution < -0.4 is 4.74 Å². The van der Waals surface area contributed by atoms with E-state index >= 15 is 0 Å². The van der Waals surface area contributed by atoms with Gasteiger partial charge in [0, 0.05) is 23.7 Å². The Morgan fingerprint density at radius 3 is 3.00 bits per heavy atom. The Morgan fingerprint density at radius 1 is 1.57 bits per heavy atom. The predicted octanol–water partition coefficient (Wildman–Crippen LogP) is 3.32. The lowest BCUT2D eigenvalue weighted by Crippen LogP contribution is -2.29. The summed E-state index contributed by atoms with van der Waals surface area (Å²) < 4.78 is 50.6. The van der Waals surface area contributed by atoms with E-state index in [1.54, 1.807) is 19.9 Å². The fraction of sp³-hybridized carbons (Fsp3) is 0.444. The van der Waals surface area contributed by atoms with Crippen molar-refractivity contribution in [2.24, 2.45) is 0 Å². The minimum Gasteiger partial charge on any atom is -0.463 e. The van der Waals surface area contributed by atoms with E-state index in [1.807, 2.05) is 0 Å². The van der Waals surface area contributed by atoms with Crippen molar-refractivity contribution < 1.29 is 32.4 Å². The number of halogens is 1. The highest BCUT2D eigenvalue weighted by molar-refractivity contribution is 8.53. The van der Waals surface area contributed by atoms with Crippen LogP contribution in [0.3, 0.4) is 0 Å². The SMILES string of the molecule is [2H]P([B][3H])SO[C@H]1C[C@H](Oc2ccc(/C=C(\C)C(=O)OCC)cc2F)O[C@@H]1C(C)=O. The van der Waals surface area contributed by atoms with Gasteiger partial charge in [0.1, 0.15) is 19.7 Å². The molecule has 1 radical (unpaired) electrons. The van der Waals surface area contributed by atoms with Crippen molar-refractivity contribution in [2.75, 3.05) is 6.61 Å². The molecule has 0 bridgehead atoms. The van der Waals surface area contributed by atoms with E-state index in [-0.39, 0.29) is 24.6 Å². The van der Waals surface area contributed by atoms with E-state index < -0.39 is 37.9 Å². The van der Waals surface area contributed by atoms with Gasteiger partial charge >= 0.3 is 5.97 Å². The summed E-state index contributed by atoms with van der Waals surface area (Å²) in [5.41, 5.74) is 0.803. The lowest BCUT2D eigenvalue weighted by Gasteiger charge is -2.15. The third-order valence-corrected chi connectivity index (χ3v) is 4.80. The number of esters is 1. The lowest BCUT2D eigenvalue weighted by molar-refractivity contribution is -0.138. The number of ketones is 1. The smallest absolute Gasteiger partial charge is 0.333 e. The molecule has 0 spiro atoms. The van der Waals surface area contributed by atoms with Crippen LogP contribution in [0.15, 0.2) is 23.8 Å². The van der Waals surface area contributed by atoms with Crippen LogP contribution in [0.4, 0.5) is 4.39 Å². The number of hydrogen-bond acceptors (Lipinski definition) is 7. The topological polar surface area (TPSA) is 71.1 Å². The third-order valence-electron chi connectivity index (χ3n) is 3.87. The molecule has 1 aliphatic heterocycles. The predicted molar refractivity (Wildman–Crippen MR) is 109 cm³/mol. The summed E-state index contributed by atoms with van der Waals surface area (Å²) in [5, 5.41) is 0. The van der Waals surface area contributed by atoms with Crippen molar-refractivity contribution in [2.45, 2.75) is 45.7 Å². The molecule has 0 amide bonds. The van der Waals surface area contributed by atoms with Gasteiger partial charge in [0.25, 0.3) is 0 Å². The van der Waals surface area contributed by atoms with E-state index in [0.717, 1.165) is 19.2 Å². The van der Waals surface area contributed by atoms with Crippen molar-refractivity contribution in [3.05, 3.63) is 35.2 Å². The van der Waals surface area contributed by atoms with Crippen LogP contribution in [0, 0.1) is 5.82 Å². The molecule has 0 N–H and O–H groups in total. The monoisotopic (exact) mass is 430 g/mol. The fourth-order valence-electron chi connectivity index (χ4n) is 2.62. The second-order valence-electron chi connectivity index (χ2n) is 6.00. The number of ether oxygens (including phenoxy) is 3. The minimum atomic E-state index is -1.54. The summed E-state index contributed by atoms with van der Waals surface area (Å²) in [5.74, 6) is -1.47. The third kappa shape index (κ3) is 6.31.